The van der Waals surface area contributed by atoms with Gasteiger partial charge in [0.1, 0.15) is 35.7 Å². The van der Waals surface area contributed by atoms with Gasteiger partial charge in [-0.15, -0.1) is 0 Å². The molecular weight excluding hydrogens is 981 g/mol. The van der Waals surface area contributed by atoms with Gasteiger partial charge in [0, 0.05) is 25.7 Å². The van der Waals surface area contributed by atoms with Gasteiger partial charge >= 0.3 is 35.8 Å². The standard InChI is InChI=1S/C26H37N3O10.C22H29N3O10/c1-4-7-8-18(23(27)33)29-24(34)19(28-20(30)13-14-21(31)32)15-16-9-11-17(12-10-16)39-22(25(35)37-5-2)26(36)38-6-3;1-2-3-4-14(19(23)29)25-20(30)15(24-16(26)9-10-17(27)28)11-12-5-7-13(8-6-12)35-18(21(31)32)22(33)34/h9-12,18-19,22H,4-8,13-15H2,1-3H3,(H2,27,33)(H,28,30)(H,29,34)(H,31,32);5-8,14-15,18H,2-4,9-11H2,1H3,(H2,23,29)(H,24,26)(H,25,30)(H,27,28)(H,31,32)(H,33,34)/t18-,19-;14-,15-/m00/s1. The molecule has 0 aliphatic carbocycles. The fraction of sp³-hybridized carbons (Fsp3) is 0.500. The third-order valence-corrected chi connectivity index (χ3v) is 10.1. The highest BCUT2D eigenvalue weighted by atomic mass is 16.6. The number of hydrogen-bond acceptors (Lipinski definition) is 16. The molecule has 0 heterocycles. The fourth-order valence-electron chi connectivity index (χ4n) is 6.31. The number of hydrogen-bond donors (Lipinski definition) is 10. The van der Waals surface area contributed by atoms with Crippen molar-refractivity contribution in [3.05, 3.63) is 59.7 Å². The van der Waals surface area contributed by atoms with Gasteiger partial charge in [-0.3, -0.25) is 38.4 Å². The zero-order valence-corrected chi connectivity index (χ0v) is 41.5. The molecule has 4 atom stereocenters. The minimum absolute atomic E-state index is 0.0244. The average Bonchev–Trinajstić information content (AvgIpc) is 3.33. The van der Waals surface area contributed by atoms with E-state index in [4.69, 9.17) is 50.8 Å². The van der Waals surface area contributed by atoms with Gasteiger partial charge in [0.25, 0.3) is 12.2 Å². The van der Waals surface area contributed by atoms with E-state index in [1.165, 1.54) is 36.4 Å². The largest absolute Gasteiger partial charge is 0.481 e. The lowest BCUT2D eigenvalue weighted by Gasteiger charge is -2.22. The van der Waals surface area contributed by atoms with E-state index in [1.54, 1.807) is 26.0 Å². The van der Waals surface area contributed by atoms with Gasteiger partial charge in [-0.25, -0.2) is 19.2 Å². The highest BCUT2D eigenvalue weighted by Gasteiger charge is 2.33. The molecule has 408 valence electrons. The quantitative estimate of drug-likeness (QED) is 0.0332. The Morgan fingerprint density at radius 3 is 1.09 bits per heavy atom. The number of benzene rings is 2. The maximum atomic E-state index is 13.0. The molecule has 0 fully saturated rings. The van der Waals surface area contributed by atoms with Crippen molar-refractivity contribution in [3.63, 3.8) is 0 Å². The Labute approximate surface area is 425 Å². The molecule has 12 N–H and O–H groups in total. The minimum Gasteiger partial charge on any atom is -0.481 e. The van der Waals surface area contributed by atoms with Crippen molar-refractivity contribution in [3.8, 4) is 11.5 Å². The van der Waals surface area contributed by atoms with E-state index < -0.39 is 120 Å². The van der Waals surface area contributed by atoms with Crippen LogP contribution < -0.4 is 42.2 Å². The maximum Gasteiger partial charge on any atom is 0.359 e. The number of amides is 6. The van der Waals surface area contributed by atoms with E-state index in [2.05, 4.69) is 21.3 Å². The van der Waals surface area contributed by atoms with Crippen molar-refractivity contribution in [1.29, 1.82) is 0 Å². The maximum absolute atomic E-state index is 13.0. The monoisotopic (exact) mass is 1050 g/mol. The lowest BCUT2D eigenvalue weighted by Crippen LogP contribution is -2.53. The van der Waals surface area contributed by atoms with Gasteiger partial charge in [0.2, 0.25) is 35.4 Å². The number of nitrogens with one attached hydrogen (secondary N) is 4. The summed E-state index contributed by atoms with van der Waals surface area (Å²) in [7, 11) is 0. The molecule has 0 aliphatic heterocycles. The first-order valence-corrected chi connectivity index (χ1v) is 23.5. The Kier molecular flexibility index (Phi) is 29.4. The Morgan fingerprint density at radius 1 is 0.473 bits per heavy atom. The third-order valence-electron chi connectivity index (χ3n) is 10.1. The van der Waals surface area contributed by atoms with Crippen LogP contribution in [-0.2, 0) is 79.8 Å². The summed E-state index contributed by atoms with van der Waals surface area (Å²) in [4.78, 5) is 142. The van der Waals surface area contributed by atoms with Crippen LogP contribution in [0.2, 0.25) is 0 Å². The molecular formula is C48H66N6O20. The molecule has 6 amide bonds. The summed E-state index contributed by atoms with van der Waals surface area (Å²) >= 11 is 0. The van der Waals surface area contributed by atoms with E-state index in [9.17, 15) is 57.5 Å². The van der Waals surface area contributed by atoms with Crippen molar-refractivity contribution in [2.75, 3.05) is 13.2 Å². The molecule has 0 aliphatic rings. The predicted octanol–water partition coefficient (Wildman–Crippen LogP) is 0.268. The molecule has 0 spiro atoms. The summed E-state index contributed by atoms with van der Waals surface area (Å²) in [6, 6.07) is 7.24. The number of carboxylic acids is 4. The van der Waals surface area contributed by atoms with Gasteiger partial charge in [-0.2, -0.15) is 0 Å². The Morgan fingerprint density at radius 2 is 0.811 bits per heavy atom. The SMILES string of the molecule is CCCC[C@H](NC(=O)[C@H](Cc1ccc(OC(C(=O)O)C(=O)O)cc1)NC(=O)CCC(=O)O)C(N)=O.CCCC[C@H](NC(=O)[C@H](Cc1ccc(OC(C(=O)OCC)C(=O)OCC)cc1)NC(=O)CCC(=O)O)C(N)=O. The molecule has 0 bridgehead atoms. The van der Waals surface area contributed by atoms with Crippen LogP contribution >= 0.6 is 0 Å². The topological polar surface area (TPSA) is 423 Å². The zero-order chi connectivity index (χ0) is 55.9. The first-order chi connectivity index (χ1) is 35.0. The molecule has 0 aromatic heterocycles. The van der Waals surface area contributed by atoms with Crippen LogP contribution in [0, 0.1) is 0 Å². The number of carbonyl (C=O) groups is 12. The molecule has 0 saturated heterocycles. The molecule has 26 heteroatoms. The van der Waals surface area contributed by atoms with E-state index >= 15 is 0 Å². The first-order valence-electron chi connectivity index (χ1n) is 23.5. The second kappa shape index (κ2) is 34.1. The van der Waals surface area contributed by atoms with Crippen molar-refractivity contribution < 1.29 is 96.9 Å². The number of rotatable bonds is 34. The number of unbranched alkanes of at least 4 members (excludes halogenated alkanes) is 2. The lowest BCUT2D eigenvalue weighted by atomic mass is 10.0. The summed E-state index contributed by atoms with van der Waals surface area (Å²) < 4.78 is 20.1. The van der Waals surface area contributed by atoms with Crippen molar-refractivity contribution in [2.45, 2.75) is 141 Å². The molecule has 26 nitrogen and oxygen atoms in total. The van der Waals surface area contributed by atoms with E-state index in [-0.39, 0.29) is 50.4 Å². The molecule has 0 unspecified atom stereocenters. The molecule has 2 rings (SSSR count). The van der Waals surface area contributed by atoms with Crippen LogP contribution in [0.4, 0.5) is 0 Å². The van der Waals surface area contributed by atoms with Crippen LogP contribution in [0.15, 0.2) is 48.5 Å². The van der Waals surface area contributed by atoms with Crippen LogP contribution in [-0.4, -0.2) is 141 Å². The number of esters is 2. The van der Waals surface area contributed by atoms with Gasteiger partial charge < -0.3 is 72.1 Å². The molecule has 2 aromatic rings. The first kappa shape index (κ1) is 63.7. The number of nitrogens with two attached hydrogens (primary N) is 2. The normalized spacial score (nSPS) is 12.2. The van der Waals surface area contributed by atoms with E-state index in [0.717, 1.165) is 12.8 Å². The van der Waals surface area contributed by atoms with Crippen molar-refractivity contribution in [2.24, 2.45) is 11.5 Å². The summed E-state index contributed by atoms with van der Waals surface area (Å²) in [6.45, 7) is 7.05. The number of primary amides is 2. The fourth-order valence-corrected chi connectivity index (χ4v) is 6.31. The van der Waals surface area contributed by atoms with Crippen LogP contribution in [0.1, 0.15) is 103 Å². The average molecular weight is 1050 g/mol. The second-order valence-corrected chi connectivity index (χ2v) is 16.1. The minimum atomic E-state index is -2.11. The summed E-state index contributed by atoms with van der Waals surface area (Å²) in [5, 5.41) is 45.4. The summed E-state index contributed by atoms with van der Waals surface area (Å²) in [5.74, 6) is -11.6. The summed E-state index contributed by atoms with van der Waals surface area (Å²) in [5.41, 5.74) is 11.8. The summed E-state index contributed by atoms with van der Waals surface area (Å²) in [6.07, 6.45) is -1.99. The Balaban J connectivity index is 0.000000744. The second-order valence-electron chi connectivity index (χ2n) is 16.1. The predicted molar refractivity (Wildman–Crippen MR) is 257 cm³/mol. The van der Waals surface area contributed by atoms with Crippen molar-refractivity contribution >= 4 is 71.3 Å². The zero-order valence-electron chi connectivity index (χ0n) is 41.5. The highest BCUT2D eigenvalue weighted by molar-refractivity contribution is 5.99. The van der Waals surface area contributed by atoms with Crippen LogP contribution in [0.5, 0.6) is 11.5 Å². The van der Waals surface area contributed by atoms with Crippen LogP contribution in [0.3, 0.4) is 0 Å². The number of aliphatic carboxylic acids is 4. The number of carbonyl (C=O) groups excluding carboxylic acids is 8. The number of ether oxygens (including phenoxy) is 4. The smallest absolute Gasteiger partial charge is 0.359 e. The Bertz CT molecular complexity index is 2210. The molecule has 0 saturated carbocycles. The molecule has 2 aromatic carbocycles. The highest BCUT2D eigenvalue weighted by Crippen LogP contribution is 2.18. The van der Waals surface area contributed by atoms with Gasteiger partial charge in [-0.05, 0) is 62.1 Å². The Hall–Kier alpha value is -8.32. The van der Waals surface area contributed by atoms with Gasteiger partial charge in [0.05, 0.1) is 26.1 Å². The lowest BCUT2D eigenvalue weighted by molar-refractivity contribution is -0.166. The van der Waals surface area contributed by atoms with Gasteiger partial charge in [0.15, 0.2) is 0 Å². The van der Waals surface area contributed by atoms with Crippen molar-refractivity contribution in [1.82, 2.24) is 21.3 Å². The number of carboxylic acid groups (broad SMARTS) is 4. The van der Waals surface area contributed by atoms with Crippen LogP contribution in [0.25, 0.3) is 0 Å². The van der Waals surface area contributed by atoms with E-state index in [0.29, 0.717) is 36.8 Å². The molecule has 74 heavy (non-hydrogen) atoms. The third kappa shape index (κ3) is 25.2. The van der Waals surface area contributed by atoms with Gasteiger partial charge in [-0.1, -0.05) is 63.8 Å². The van der Waals surface area contributed by atoms with E-state index in [1.807, 2.05) is 13.8 Å². The molecule has 0 radical (unpaired) electrons.